The molecule has 1 N–H and O–H groups in total. The topological polar surface area (TPSA) is 73.0 Å². The van der Waals surface area contributed by atoms with Gasteiger partial charge in [-0.15, -0.1) is 6.58 Å². The SMILES string of the molecule is C=CC(=O)N1CC(N(C)C(=O)c2cc(SNC3(C=C)CC3)ccc2N(C=O)CC2CC2)C1. The molecule has 8 heteroatoms. The van der Waals surface area contributed by atoms with Gasteiger partial charge in [-0.2, -0.15) is 0 Å². The van der Waals surface area contributed by atoms with Crippen molar-refractivity contribution in [3.63, 3.8) is 0 Å². The van der Waals surface area contributed by atoms with Crippen molar-refractivity contribution < 1.29 is 14.4 Å². The quantitative estimate of drug-likeness (QED) is 0.241. The van der Waals surface area contributed by atoms with Crippen LogP contribution in [0.2, 0.25) is 0 Å². The summed E-state index contributed by atoms with van der Waals surface area (Å²) in [5, 5.41) is 0. The van der Waals surface area contributed by atoms with Crippen LogP contribution >= 0.6 is 11.9 Å². The first-order valence-electron chi connectivity index (χ1n) is 11.0. The lowest BCUT2D eigenvalue weighted by Crippen LogP contribution is -2.61. The second-order valence-corrected chi connectivity index (χ2v) is 9.84. The van der Waals surface area contributed by atoms with E-state index in [9.17, 15) is 14.4 Å². The number of carbonyl (C=O) groups excluding carboxylic acids is 3. The lowest BCUT2D eigenvalue weighted by atomic mass is 10.0. The largest absolute Gasteiger partial charge is 0.335 e. The van der Waals surface area contributed by atoms with Crippen molar-refractivity contribution in [3.05, 3.63) is 49.1 Å². The van der Waals surface area contributed by atoms with Crippen molar-refractivity contribution >= 4 is 35.9 Å². The number of rotatable bonds is 11. The molecule has 3 amide bonds. The van der Waals surface area contributed by atoms with Crippen molar-refractivity contribution in [2.75, 3.05) is 31.6 Å². The number of likely N-dealkylation sites (N-methyl/N-ethyl adjacent to an activating group) is 1. The predicted octanol–water partition coefficient (Wildman–Crippen LogP) is 2.84. The molecule has 32 heavy (non-hydrogen) atoms. The Morgan fingerprint density at radius 1 is 1.28 bits per heavy atom. The summed E-state index contributed by atoms with van der Waals surface area (Å²) in [6, 6.07) is 5.61. The fourth-order valence-corrected chi connectivity index (χ4v) is 4.71. The first-order valence-corrected chi connectivity index (χ1v) is 11.8. The molecule has 170 valence electrons. The predicted molar refractivity (Wildman–Crippen MR) is 126 cm³/mol. The highest BCUT2D eigenvalue weighted by Gasteiger charge is 2.40. The smallest absolute Gasteiger partial charge is 0.256 e. The molecule has 0 bridgehead atoms. The highest BCUT2D eigenvalue weighted by molar-refractivity contribution is 7.97. The van der Waals surface area contributed by atoms with Crippen LogP contribution in [0.15, 0.2) is 48.4 Å². The van der Waals surface area contributed by atoms with E-state index in [4.69, 9.17) is 0 Å². The van der Waals surface area contributed by atoms with Crippen molar-refractivity contribution in [3.8, 4) is 0 Å². The summed E-state index contributed by atoms with van der Waals surface area (Å²) < 4.78 is 3.44. The molecule has 1 aromatic rings. The van der Waals surface area contributed by atoms with E-state index in [1.54, 1.807) is 21.7 Å². The van der Waals surface area contributed by atoms with Crippen molar-refractivity contribution in [2.24, 2.45) is 5.92 Å². The van der Waals surface area contributed by atoms with Gasteiger partial charge in [-0.25, -0.2) is 4.72 Å². The molecule has 0 radical (unpaired) electrons. The van der Waals surface area contributed by atoms with E-state index < -0.39 is 0 Å². The van der Waals surface area contributed by atoms with Gasteiger partial charge in [0.15, 0.2) is 0 Å². The normalized spacial score (nSPS) is 19.0. The van der Waals surface area contributed by atoms with Crippen LogP contribution in [0.4, 0.5) is 5.69 Å². The zero-order chi connectivity index (χ0) is 22.9. The van der Waals surface area contributed by atoms with E-state index in [-0.39, 0.29) is 23.4 Å². The lowest BCUT2D eigenvalue weighted by Gasteiger charge is -2.43. The molecule has 2 aliphatic carbocycles. The fraction of sp³-hybridized carbons (Fsp3) is 0.458. The second-order valence-electron chi connectivity index (χ2n) is 8.96. The van der Waals surface area contributed by atoms with E-state index in [0.29, 0.717) is 36.8 Å². The zero-order valence-electron chi connectivity index (χ0n) is 18.5. The van der Waals surface area contributed by atoms with Crippen LogP contribution in [0.1, 0.15) is 36.0 Å². The maximum atomic E-state index is 13.5. The number of nitrogens with one attached hydrogen (secondary N) is 1. The van der Waals surface area contributed by atoms with Crippen LogP contribution in [-0.4, -0.2) is 66.3 Å². The molecular formula is C24H30N4O3S. The summed E-state index contributed by atoms with van der Waals surface area (Å²) in [4.78, 5) is 43.0. The van der Waals surface area contributed by atoms with Crippen molar-refractivity contribution in [1.82, 2.24) is 14.5 Å². The van der Waals surface area contributed by atoms with Gasteiger partial charge in [0.1, 0.15) is 0 Å². The third-order valence-corrected chi connectivity index (χ3v) is 7.55. The van der Waals surface area contributed by atoms with Crippen LogP contribution in [0, 0.1) is 5.92 Å². The Morgan fingerprint density at radius 3 is 2.56 bits per heavy atom. The Bertz CT molecular complexity index is 935. The first-order chi connectivity index (χ1) is 15.4. The monoisotopic (exact) mass is 454 g/mol. The number of carbonyl (C=O) groups is 3. The van der Waals surface area contributed by atoms with Crippen LogP contribution in [0.5, 0.6) is 0 Å². The average molecular weight is 455 g/mol. The molecular weight excluding hydrogens is 424 g/mol. The van der Waals surface area contributed by atoms with Gasteiger partial charge < -0.3 is 14.7 Å². The zero-order valence-corrected chi connectivity index (χ0v) is 19.3. The number of benzene rings is 1. The minimum Gasteiger partial charge on any atom is -0.335 e. The standard InChI is InChI=1S/C24H30N4O3S/c1-4-22(30)27-14-18(15-27)26(3)23(31)20-12-19(32-25-24(5-2)10-11-24)8-9-21(20)28(16-29)13-17-6-7-17/h4-5,8-9,12,16-18,25H,1-2,6-7,10-11,13-15H2,3H3. The number of amides is 3. The molecule has 4 rings (SSSR count). The Kier molecular flexibility index (Phi) is 6.44. The van der Waals surface area contributed by atoms with Gasteiger partial charge in [-0.1, -0.05) is 12.7 Å². The second kappa shape index (κ2) is 9.11. The van der Waals surface area contributed by atoms with Crippen LogP contribution in [-0.2, 0) is 9.59 Å². The van der Waals surface area contributed by atoms with Gasteiger partial charge >= 0.3 is 0 Å². The van der Waals surface area contributed by atoms with Gasteiger partial charge in [0.25, 0.3) is 5.91 Å². The maximum Gasteiger partial charge on any atom is 0.256 e. The highest BCUT2D eigenvalue weighted by atomic mass is 32.2. The molecule has 1 heterocycles. The molecule has 1 saturated heterocycles. The Hall–Kier alpha value is -2.58. The maximum absolute atomic E-state index is 13.5. The van der Waals surface area contributed by atoms with E-state index >= 15 is 0 Å². The summed E-state index contributed by atoms with van der Waals surface area (Å²) in [5.74, 6) is 0.231. The van der Waals surface area contributed by atoms with Gasteiger partial charge in [0.05, 0.1) is 17.3 Å². The number of likely N-dealkylation sites (tertiary alicyclic amines) is 1. The summed E-state index contributed by atoms with van der Waals surface area (Å²) >= 11 is 1.48. The Balaban J connectivity index is 1.54. The number of hydrogen-bond donors (Lipinski definition) is 1. The third kappa shape index (κ3) is 4.76. The summed E-state index contributed by atoms with van der Waals surface area (Å²) in [5.41, 5.74) is 1.11. The van der Waals surface area contributed by atoms with Gasteiger partial charge in [0.2, 0.25) is 12.3 Å². The highest BCUT2D eigenvalue weighted by Crippen LogP contribution is 2.40. The minimum atomic E-state index is -0.148. The molecule has 1 aromatic carbocycles. The summed E-state index contributed by atoms with van der Waals surface area (Å²) in [6.45, 7) is 9.02. The molecule has 0 aromatic heterocycles. The molecule has 7 nitrogen and oxygen atoms in total. The Labute approximate surface area is 193 Å². The first kappa shape index (κ1) is 22.6. The molecule has 0 spiro atoms. The third-order valence-electron chi connectivity index (χ3n) is 6.56. The van der Waals surface area contributed by atoms with Gasteiger partial charge in [0, 0.05) is 37.1 Å². The van der Waals surface area contributed by atoms with Crippen LogP contribution in [0.3, 0.4) is 0 Å². The van der Waals surface area contributed by atoms with Crippen molar-refractivity contribution in [1.29, 1.82) is 0 Å². The van der Waals surface area contributed by atoms with Crippen LogP contribution < -0.4 is 9.62 Å². The molecule has 2 saturated carbocycles. The Morgan fingerprint density at radius 2 is 2.00 bits per heavy atom. The van der Waals surface area contributed by atoms with E-state index in [2.05, 4.69) is 17.9 Å². The molecule has 3 aliphatic rings. The number of nitrogens with zero attached hydrogens (tertiary/aromatic N) is 3. The average Bonchev–Trinajstić information content (AvgIpc) is 3.70. The summed E-state index contributed by atoms with van der Waals surface area (Å²) in [6.07, 6.45) is 8.38. The van der Waals surface area contributed by atoms with E-state index in [1.807, 2.05) is 24.3 Å². The van der Waals surface area contributed by atoms with Gasteiger partial charge in [-0.3, -0.25) is 14.4 Å². The van der Waals surface area contributed by atoms with Gasteiger partial charge in [-0.05, 0) is 67.8 Å². The molecule has 0 unspecified atom stereocenters. The van der Waals surface area contributed by atoms with E-state index in [0.717, 1.165) is 37.0 Å². The molecule has 1 aliphatic heterocycles. The van der Waals surface area contributed by atoms with E-state index in [1.165, 1.54) is 18.0 Å². The minimum absolute atomic E-state index is 0.0296. The van der Waals surface area contributed by atoms with Crippen LogP contribution in [0.25, 0.3) is 0 Å². The molecule has 0 atom stereocenters. The number of anilines is 1. The molecule has 3 fully saturated rings. The number of hydrogen-bond acceptors (Lipinski definition) is 5. The fourth-order valence-electron chi connectivity index (χ4n) is 3.79. The van der Waals surface area contributed by atoms with Crippen molar-refractivity contribution in [2.45, 2.75) is 42.2 Å². The summed E-state index contributed by atoms with van der Waals surface area (Å²) in [7, 11) is 1.76. The lowest BCUT2D eigenvalue weighted by molar-refractivity contribution is -0.132.